The highest BCUT2D eigenvalue weighted by molar-refractivity contribution is 5.85. The number of methoxy groups -OCH3 is 1. The van der Waals surface area contributed by atoms with E-state index in [1.165, 1.54) is 0 Å². The zero-order valence-corrected chi connectivity index (χ0v) is 13.2. The number of hydrogen-bond acceptors (Lipinski definition) is 5. The van der Waals surface area contributed by atoms with E-state index in [9.17, 15) is 9.90 Å². The third-order valence-corrected chi connectivity index (χ3v) is 4.06. The lowest BCUT2D eigenvalue weighted by Crippen LogP contribution is -2.43. The molecule has 1 fully saturated rings. The molecule has 2 N–H and O–H groups in total. The highest BCUT2D eigenvalue weighted by atomic mass is 35.5. The van der Waals surface area contributed by atoms with Gasteiger partial charge in [-0.2, -0.15) is 0 Å². The highest BCUT2D eigenvalue weighted by Crippen LogP contribution is 2.20. The number of piperidine rings is 1. The van der Waals surface area contributed by atoms with Crippen LogP contribution in [0.5, 0.6) is 5.75 Å². The molecule has 7 heteroatoms. The van der Waals surface area contributed by atoms with E-state index >= 15 is 0 Å². The molecule has 2 heterocycles. The van der Waals surface area contributed by atoms with Crippen molar-refractivity contribution in [3.05, 3.63) is 34.9 Å². The normalized spacial score (nSPS) is 21.4. The van der Waals surface area contributed by atoms with Gasteiger partial charge in [-0.05, 0) is 25.1 Å². The first-order chi connectivity index (χ1) is 10.2. The van der Waals surface area contributed by atoms with E-state index in [1.807, 2.05) is 6.07 Å². The van der Waals surface area contributed by atoms with Crippen molar-refractivity contribution in [2.75, 3.05) is 20.2 Å². The number of rotatable bonds is 3. The molecule has 0 unspecified atom stereocenters. The van der Waals surface area contributed by atoms with Crippen LogP contribution in [0.15, 0.2) is 29.3 Å². The average molecular weight is 326 g/mol. The molecule has 1 aliphatic heterocycles. The van der Waals surface area contributed by atoms with Gasteiger partial charge in [0, 0.05) is 19.0 Å². The number of nitrogens with one attached hydrogen (secondary N) is 1. The van der Waals surface area contributed by atoms with Crippen molar-refractivity contribution in [2.45, 2.75) is 19.1 Å². The maximum absolute atomic E-state index is 12.6. The molecule has 2 aromatic rings. The summed E-state index contributed by atoms with van der Waals surface area (Å²) in [6.45, 7) is 1.91. The quantitative estimate of drug-likeness (QED) is 0.873. The monoisotopic (exact) mass is 325 g/mol. The fourth-order valence-electron chi connectivity index (χ4n) is 2.83. The zero-order chi connectivity index (χ0) is 14.8. The molecule has 0 radical (unpaired) electrons. The predicted octanol–water partition coefficient (Wildman–Crippen LogP) is 0.797. The smallest absolute Gasteiger partial charge is 0.264 e. The molecule has 2 atom stereocenters. The summed E-state index contributed by atoms with van der Waals surface area (Å²) in [5.41, 5.74) is 0.504. The number of halogens is 1. The predicted molar refractivity (Wildman–Crippen MR) is 86.8 cm³/mol. The van der Waals surface area contributed by atoms with Crippen LogP contribution in [0.2, 0.25) is 0 Å². The second kappa shape index (κ2) is 7.09. The molecule has 22 heavy (non-hydrogen) atoms. The Balaban J connectivity index is 0.00000176. The van der Waals surface area contributed by atoms with Crippen LogP contribution in [-0.2, 0) is 6.54 Å². The van der Waals surface area contributed by atoms with Gasteiger partial charge in [-0.15, -0.1) is 12.4 Å². The van der Waals surface area contributed by atoms with Crippen LogP contribution in [0, 0.1) is 5.92 Å². The summed E-state index contributed by atoms with van der Waals surface area (Å²) in [5.74, 6) is 0.600. The molecule has 1 aromatic carbocycles. The molecular formula is C15H20ClN3O3. The molecule has 120 valence electrons. The van der Waals surface area contributed by atoms with Crippen LogP contribution in [0.4, 0.5) is 0 Å². The summed E-state index contributed by atoms with van der Waals surface area (Å²) in [4.78, 5) is 17.0. The second-order valence-corrected chi connectivity index (χ2v) is 5.38. The Labute approximate surface area is 134 Å². The van der Waals surface area contributed by atoms with Crippen LogP contribution in [0.3, 0.4) is 0 Å². The van der Waals surface area contributed by atoms with E-state index in [2.05, 4.69) is 10.3 Å². The first kappa shape index (κ1) is 16.7. The molecule has 1 saturated heterocycles. The Kier molecular flexibility index (Phi) is 5.39. The fourth-order valence-corrected chi connectivity index (χ4v) is 2.83. The number of aromatic nitrogens is 2. The summed E-state index contributed by atoms with van der Waals surface area (Å²) in [7, 11) is 1.54. The average Bonchev–Trinajstić information content (AvgIpc) is 2.51. The van der Waals surface area contributed by atoms with Crippen molar-refractivity contribution in [1.82, 2.24) is 14.9 Å². The summed E-state index contributed by atoms with van der Waals surface area (Å²) < 4.78 is 6.84. The number of nitrogens with zero attached hydrogens (tertiary/aromatic N) is 2. The first-order valence-corrected chi connectivity index (χ1v) is 7.11. The van der Waals surface area contributed by atoms with Gasteiger partial charge in [0.25, 0.3) is 5.56 Å². The van der Waals surface area contributed by atoms with Crippen LogP contribution in [0.1, 0.15) is 6.42 Å². The van der Waals surface area contributed by atoms with Gasteiger partial charge >= 0.3 is 0 Å². The lowest BCUT2D eigenvalue weighted by molar-refractivity contribution is 0.0717. The standard InChI is InChI=1S/C15H19N3O3.ClH/c1-21-13-4-2-3-11-14(13)15(20)18(9-17-11)8-10-5-6-16-7-12(10)19;/h2-4,9-10,12,16,19H,5-8H2,1H3;1H/t10-,12+;/m0./s1. The van der Waals surface area contributed by atoms with Gasteiger partial charge in [-0.3, -0.25) is 9.36 Å². The number of hydrogen-bond donors (Lipinski definition) is 2. The number of benzene rings is 1. The molecule has 0 saturated carbocycles. The number of aliphatic hydroxyl groups is 1. The van der Waals surface area contributed by atoms with Gasteiger partial charge in [0.05, 0.1) is 25.1 Å². The Morgan fingerprint density at radius 3 is 3.05 bits per heavy atom. The minimum atomic E-state index is -0.431. The van der Waals surface area contributed by atoms with Crippen molar-refractivity contribution >= 4 is 23.3 Å². The van der Waals surface area contributed by atoms with E-state index in [1.54, 1.807) is 30.1 Å². The maximum atomic E-state index is 12.6. The van der Waals surface area contributed by atoms with Crippen molar-refractivity contribution < 1.29 is 9.84 Å². The Bertz CT molecular complexity index is 704. The van der Waals surface area contributed by atoms with Gasteiger partial charge in [0.1, 0.15) is 11.1 Å². The Morgan fingerprint density at radius 2 is 2.32 bits per heavy atom. The van der Waals surface area contributed by atoms with Gasteiger partial charge in [-0.1, -0.05) is 6.07 Å². The van der Waals surface area contributed by atoms with E-state index in [0.717, 1.165) is 13.0 Å². The largest absolute Gasteiger partial charge is 0.496 e. The number of fused-ring (bicyclic) bond motifs is 1. The minimum Gasteiger partial charge on any atom is -0.496 e. The summed E-state index contributed by atoms with van der Waals surface area (Å²) in [6, 6.07) is 5.37. The summed E-state index contributed by atoms with van der Waals surface area (Å²) in [5, 5.41) is 13.6. The molecular weight excluding hydrogens is 306 g/mol. The van der Waals surface area contributed by atoms with Crippen molar-refractivity contribution in [3.8, 4) is 5.75 Å². The Morgan fingerprint density at radius 1 is 1.50 bits per heavy atom. The van der Waals surface area contributed by atoms with E-state index < -0.39 is 6.10 Å². The number of aliphatic hydroxyl groups excluding tert-OH is 1. The summed E-state index contributed by atoms with van der Waals surface area (Å²) in [6.07, 6.45) is 1.97. The van der Waals surface area contributed by atoms with Gasteiger partial charge < -0.3 is 15.2 Å². The fraction of sp³-hybridized carbons (Fsp3) is 0.467. The second-order valence-electron chi connectivity index (χ2n) is 5.38. The third kappa shape index (κ3) is 3.09. The number of ether oxygens (including phenoxy) is 1. The SMILES string of the molecule is COc1cccc2ncn(C[C@@H]3CCNC[C@H]3O)c(=O)c12.Cl. The van der Waals surface area contributed by atoms with E-state index in [4.69, 9.17) is 4.74 Å². The zero-order valence-electron chi connectivity index (χ0n) is 12.4. The van der Waals surface area contributed by atoms with E-state index in [-0.39, 0.29) is 23.9 Å². The van der Waals surface area contributed by atoms with Crippen molar-refractivity contribution in [3.63, 3.8) is 0 Å². The molecule has 1 aromatic heterocycles. The Hall–Kier alpha value is -1.63. The van der Waals surface area contributed by atoms with Gasteiger partial charge in [0.2, 0.25) is 0 Å². The third-order valence-electron chi connectivity index (χ3n) is 4.06. The minimum absolute atomic E-state index is 0. The molecule has 0 spiro atoms. The van der Waals surface area contributed by atoms with Gasteiger partial charge in [-0.25, -0.2) is 4.98 Å². The lowest BCUT2D eigenvalue weighted by Gasteiger charge is -2.28. The molecule has 0 amide bonds. The molecule has 3 rings (SSSR count). The lowest BCUT2D eigenvalue weighted by atomic mass is 9.95. The molecule has 6 nitrogen and oxygen atoms in total. The molecule has 0 aliphatic carbocycles. The number of β-amino-alcohol motifs (C(OH)–C–C–N with tert-alkyl or cyclic N) is 1. The van der Waals surface area contributed by atoms with E-state index in [0.29, 0.717) is 29.7 Å². The van der Waals surface area contributed by atoms with Crippen molar-refractivity contribution in [2.24, 2.45) is 5.92 Å². The molecule has 1 aliphatic rings. The van der Waals surface area contributed by atoms with Crippen LogP contribution in [-0.4, -0.2) is 41.0 Å². The van der Waals surface area contributed by atoms with Crippen LogP contribution >= 0.6 is 12.4 Å². The topological polar surface area (TPSA) is 76.4 Å². The van der Waals surface area contributed by atoms with Crippen LogP contribution in [0.25, 0.3) is 10.9 Å². The highest BCUT2D eigenvalue weighted by Gasteiger charge is 2.24. The van der Waals surface area contributed by atoms with Gasteiger partial charge in [0.15, 0.2) is 0 Å². The molecule has 0 bridgehead atoms. The first-order valence-electron chi connectivity index (χ1n) is 7.11. The van der Waals surface area contributed by atoms with Crippen molar-refractivity contribution in [1.29, 1.82) is 0 Å². The maximum Gasteiger partial charge on any atom is 0.264 e. The van der Waals surface area contributed by atoms with Crippen LogP contribution < -0.4 is 15.6 Å². The summed E-state index contributed by atoms with van der Waals surface area (Å²) >= 11 is 0.